The molecule has 7 nitrogen and oxygen atoms in total. The molecular formula is C26H24ClN3O4. The van der Waals surface area contributed by atoms with Crippen molar-refractivity contribution >= 4 is 29.1 Å². The fourth-order valence-electron chi connectivity index (χ4n) is 4.38. The second kappa shape index (κ2) is 9.73. The molecule has 0 radical (unpaired) electrons. The number of fused-ring (bicyclic) bond motifs is 1. The Morgan fingerprint density at radius 3 is 2.71 bits per heavy atom. The van der Waals surface area contributed by atoms with Crippen LogP contribution in [0.5, 0.6) is 11.5 Å². The summed E-state index contributed by atoms with van der Waals surface area (Å²) in [5.41, 5.74) is 2.21. The minimum Gasteiger partial charge on any atom is -0.454 e. The van der Waals surface area contributed by atoms with Crippen LogP contribution in [0, 0.1) is 5.92 Å². The predicted molar refractivity (Wildman–Crippen MR) is 128 cm³/mol. The number of benzene rings is 2. The molecule has 2 aliphatic heterocycles. The van der Waals surface area contributed by atoms with Crippen molar-refractivity contribution in [1.29, 1.82) is 0 Å². The largest absolute Gasteiger partial charge is 0.454 e. The van der Waals surface area contributed by atoms with Crippen molar-refractivity contribution < 1.29 is 19.1 Å². The third kappa shape index (κ3) is 4.70. The summed E-state index contributed by atoms with van der Waals surface area (Å²) in [5, 5.41) is 0.581. The highest BCUT2D eigenvalue weighted by molar-refractivity contribution is 6.30. The molecule has 1 fully saturated rings. The number of hydrogen-bond donors (Lipinski definition) is 0. The van der Waals surface area contributed by atoms with Crippen molar-refractivity contribution in [1.82, 2.24) is 9.88 Å². The van der Waals surface area contributed by atoms with Gasteiger partial charge in [0.25, 0.3) is 5.91 Å². The van der Waals surface area contributed by atoms with Gasteiger partial charge in [-0.1, -0.05) is 17.7 Å². The van der Waals surface area contributed by atoms with Gasteiger partial charge < -0.3 is 19.3 Å². The van der Waals surface area contributed by atoms with Crippen LogP contribution < -0.4 is 14.4 Å². The van der Waals surface area contributed by atoms with Gasteiger partial charge in [-0.3, -0.25) is 14.6 Å². The topological polar surface area (TPSA) is 72.0 Å². The zero-order chi connectivity index (χ0) is 23.5. The lowest BCUT2D eigenvalue weighted by Gasteiger charge is -2.35. The van der Waals surface area contributed by atoms with E-state index in [0.717, 1.165) is 24.1 Å². The van der Waals surface area contributed by atoms with Crippen molar-refractivity contribution in [2.45, 2.75) is 19.4 Å². The Bertz CT molecular complexity index is 1190. The van der Waals surface area contributed by atoms with Crippen LogP contribution in [0.1, 0.15) is 28.8 Å². The Morgan fingerprint density at radius 2 is 1.91 bits per heavy atom. The molecule has 174 valence electrons. The number of nitrogens with zero attached hydrogens (tertiary/aromatic N) is 3. The van der Waals surface area contributed by atoms with Crippen LogP contribution >= 0.6 is 11.6 Å². The van der Waals surface area contributed by atoms with Gasteiger partial charge in [-0.05, 0) is 60.9 Å². The molecule has 0 aliphatic carbocycles. The summed E-state index contributed by atoms with van der Waals surface area (Å²) in [7, 11) is 0. The Hall–Kier alpha value is -3.58. The molecule has 0 spiro atoms. The second-order valence-corrected chi connectivity index (χ2v) is 8.86. The number of aromatic nitrogens is 1. The Balaban J connectivity index is 1.39. The second-order valence-electron chi connectivity index (χ2n) is 8.42. The van der Waals surface area contributed by atoms with Crippen molar-refractivity contribution in [3.05, 3.63) is 83.1 Å². The van der Waals surface area contributed by atoms with E-state index in [1.807, 2.05) is 30.3 Å². The Morgan fingerprint density at radius 1 is 1.09 bits per heavy atom. The van der Waals surface area contributed by atoms with Crippen molar-refractivity contribution in [2.75, 3.05) is 24.8 Å². The molecule has 3 aromatic rings. The van der Waals surface area contributed by atoms with E-state index in [1.54, 1.807) is 46.5 Å². The maximum atomic E-state index is 13.8. The van der Waals surface area contributed by atoms with Gasteiger partial charge in [0.2, 0.25) is 12.7 Å². The highest BCUT2D eigenvalue weighted by Crippen LogP contribution is 2.36. The third-order valence-electron chi connectivity index (χ3n) is 6.15. The molecule has 34 heavy (non-hydrogen) atoms. The van der Waals surface area contributed by atoms with E-state index in [9.17, 15) is 9.59 Å². The van der Waals surface area contributed by atoms with E-state index in [-0.39, 0.29) is 24.5 Å². The summed E-state index contributed by atoms with van der Waals surface area (Å²) in [6.45, 7) is 1.53. The Labute approximate surface area is 202 Å². The molecule has 1 saturated heterocycles. The van der Waals surface area contributed by atoms with Crippen molar-refractivity contribution in [3.8, 4) is 11.5 Å². The standard InChI is InChI=1S/C26H24ClN3O4/c27-21-7-5-19(6-8-21)25(31)29-12-2-4-20(16-29)26(32)30(15-18-3-1-11-28-14-18)22-9-10-23-24(13-22)34-17-33-23/h1,3,5-11,13-14,20H,2,4,12,15-17H2. The average molecular weight is 478 g/mol. The number of carbonyl (C=O) groups is 2. The number of carbonyl (C=O) groups excluding carboxylic acids is 2. The monoisotopic (exact) mass is 477 g/mol. The van der Waals surface area contributed by atoms with Crippen LogP contribution in [0.2, 0.25) is 5.02 Å². The SMILES string of the molecule is O=C(c1ccc(Cl)cc1)N1CCCC(C(=O)N(Cc2cccnc2)c2ccc3c(c2)OCO3)C1. The van der Waals surface area contributed by atoms with Crippen molar-refractivity contribution in [3.63, 3.8) is 0 Å². The minimum absolute atomic E-state index is 0.0312. The lowest BCUT2D eigenvalue weighted by molar-refractivity contribution is -0.123. The van der Waals surface area contributed by atoms with Gasteiger partial charge in [0.05, 0.1) is 12.5 Å². The number of halogens is 1. The average Bonchev–Trinajstić information content (AvgIpc) is 3.36. The molecule has 8 heteroatoms. The van der Waals surface area contributed by atoms with Gasteiger partial charge in [-0.25, -0.2) is 0 Å². The van der Waals surface area contributed by atoms with Gasteiger partial charge in [0.1, 0.15) is 0 Å². The van der Waals surface area contributed by atoms with Crippen LogP contribution in [0.3, 0.4) is 0 Å². The smallest absolute Gasteiger partial charge is 0.253 e. The lowest BCUT2D eigenvalue weighted by Crippen LogP contribution is -2.46. The lowest BCUT2D eigenvalue weighted by atomic mass is 9.95. The molecule has 3 heterocycles. The van der Waals surface area contributed by atoms with Gasteiger partial charge in [0.15, 0.2) is 11.5 Å². The van der Waals surface area contributed by atoms with Crippen LogP contribution in [0.4, 0.5) is 5.69 Å². The number of ether oxygens (including phenoxy) is 2. The van der Waals surface area contributed by atoms with Crippen LogP contribution in [0.25, 0.3) is 0 Å². The van der Waals surface area contributed by atoms with Gasteiger partial charge >= 0.3 is 0 Å². The quantitative estimate of drug-likeness (QED) is 0.539. The van der Waals surface area contributed by atoms with Gasteiger partial charge in [-0.2, -0.15) is 0 Å². The highest BCUT2D eigenvalue weighted by Gasteiger charge is 2.33. The van der Waals surface area contributed by atoms with Crippen LogP contribution in [-0.2, 0) is 11.3 Å². The summed E-state index contributed by atoms with van der Waals surface area (Å²) in [6, 6.07) is 16.2. The molecule has 0 bridgehead atoms. The molecule has 2 aromatic carbocycles. The number of hydrogen-bond acceptors (Lipinski definition) is 5. The van der Waals surface area contributed by atoms with E-state index in [2.05, 4.69) is 4.98 Å². The first-order valence-corrected chi connectivity index (χ1v) is 11.6. The first-order chi connectivity index (χ1) is 16.6. The van der Waals surface area contributed by atoms with E-state index in [4.69, 9.17) is 21.1 Å². The maximum absolute atomic E-state index is 13.8. The number of anilines is 1. The molecule has 5 rings (SSSR count). The van der Waals surface area contributed by atoms with Crippen LogP contribution in [-0.4, -0.2) is 41.6 Å². The molecule has 2 aliphatic rings. The predicted octanol–water partition coefficient (Wildman–Crippen LogP) is 4.55. The number of rotatable bonds is 5. The molecule has 1 atom stereocenters. The molecule has 2 amide bonds. The first kappa shape index (κ1) is 22.2. The van der Waals surface area contributed by atoms with Crippen molar-refractivity contribution in [2.24, 2.45) is 5.92 Å². The molecule has 1 unspecified atom stereocenters. The van der Waals surface area contributed by atoms with E-state index in [1.165, 1.54) is 0 Å². The summed E-state index contributed by atoms with van der Waals surface area (Å²) in [6.07, 6.45) is 4.94. The zero-order valence-electron chi connectivity index (χ0n) is 18.5. The number of amides is 2. The molecule has 0 N–H and O–H groups in total. The number of piperidine rings is 1. The fraction of sp³-hybridized carbons (Fsp3) is 0.269. The maximum Gasteiger partial charge on any atom is 0.253 e. The minimum atomic E-state index is -0.313. The molecule has 1 aromatic heterocycles. The third-order valence-corrected chi connectivity index (χ3v) is 6.40. The summed E-state index contributed by atoms with van der Waals surface area (Å²) < 4.78 is 11.0. The zero-order valence-corrected chi connectivity index (χ0v) is 19.3. The molecular weight excluding hydrogens is 454 g/mol. The van der Waals surface area contributed by atoms with Gasteiger partial charge in [-0.15, -0.1) is 0 Å². The Kier molecular flexibility index (Phi) is 6.36. The van der Waals surface area contributed by atoms with E-state index in [0.29, 0.717) is 41.7 Å². The highest BCUT2D eigenvalue weighted by atomic mass is 35.5. The number of pyridine rings is 1. The first-order valence-electron chi connectivity index (χ1n) is 11.2. The molecule has 0 saturated carbocycles. The number of likely N-dealkylation sites (tertiary alicyclic amines) is 1. The summed E-state index contributed by atoms with van der Waals surface area (Å²) in [4.78, 5) is 34.6. The summed E-state index contributed by atoms with van der Waals surface area (Å²) in [5.74, 6) is 0.846. The fourth-order valence-corrected chi connectivity index (χ4v) is 4.51. The van der Waals surface area contributed by atoms with Crippen LogP contribution in [0.15, 0.2) is 67.0 Å². The van der Waals surface area contributed by atoms with E-state index < -0.39 is 0 Å². The van der Waals surface area contributed by atoms with Gasteiger partial charge in [0, 0.05) is 47.8 Å². The normalized spacial score (nSPS) is 16.9. The summed E-state index contributed by atoms with van der Waals surface area (Å²) >= 11 is 5.97. The van der Waals surface area contributed by atoms with E-state index >= 15 is 0 Å².